The van der Waals surface area contributed by atoms with Gasteiger partial charge in [-0.15, -0.1) is 0 Å². The predicted molar refractivity (Wildman–Crippen MR) is 146 cm³/mol. The average molecular weight is 562 g/mol. The number of anilines is 1. The van der Waals surface area contributed by atoms with Crippen molar-refractivity contribution in [2.45, 2.75) is 37.9 Å². The van der Waals surface area contributed by atoms with Gasteiger partial charge in [-0.3, -0.25) is 4.79 Å². The van der Waals surface area contributed by atoms with Crippen LogP contribution >= 0.6 is 0 Å². The Bertz CT molecular complexity index is 1600. The van der Waals surface area contributed by atoms with Crippen molar-refractivity contribution in [2.24, 2.45) is 0 Å². The Labute approximate surface area is 231 Å². The van der Waals surface area contributed by atoms with Gasteiger partial charge in [0.2, 0.25) is 10.0 Å². The summed E-state index contributed by atoms with van der Waals surface area (Å²) in [7, 11) is -3.92. The highest BCUT2D eigenvalue weighted by Gasteiger charge is 2.27. The molecule has 0 radical (unpaired) electrons. The standard InChI is InChI=1S/C29H27N3O7S/c1-20(2)38-23-11-7-21(8-12-23)28-17-27(31-39-28)29(33)30-22-9-13-26(14-10-22)40(34,35)32(18-24-5-3-15-36-24)19-25-6-4-16-37-25/h3-17,20H,18-19H2,1-2H3,(H,30,33). The highest BCUT2D eigenvalue weighted by Crippen LogP contribution is 2.26. The van der Waals surface area contributed by atoms with Crippen LogP contribution in [0, 0.1) is 0 Å². The number of rotatable bonds is 11. The first kappa shape index (κ1) is 27.0. The quantitative estimate of drug-likeness (QED) is 0.209. The second-order valence-corrected chi connectivity index (χ2v) is 11.1. The first-order valence-electron chi connectivity index (χ1n) is 12.5. The Hall–Kier alpha value is -4.61. The minimum Gasteiger partial charge on any atom is -0.491 e. The molecule has 0 saturated heterocycles. The van der Waals surface area contributed by atoms with Crippen molar-refractivity contribution in [3.63, 3.8) is 0 Å². The zero-order chi connectivity index (χ0) is 28.1. The van der Waals surface area contributed by atoms with E-state index in [0.717, 1.165) is 11.3 Å². The fourth-order valence-electron chi connectivity index (χ4n) is 3.92. The monoisotopic (exact) mass is 561 g/mol. The van der Waals surface area contributed by atoms with E-state index >= 15 is 0 Å². The number of aromatic nitrogens is 1. The molecule has 0 atom stereocenters. The highest BCUT2D eigenvalue weighted by atomic mass is 32.2. The molecule has 5 aromatic rings. The lowest BCUT2D eigenvalue weighted by molar-refractivity contribution is 0.101. The first-order valence-corrected chi connectivity index (χ1v) is 13.9. The largest absolute Gasteiger partial charge is 0.491 e. The Kier molecular flexibility index (Phi) is 7.85. The molecule has 3 aromatic heterocycles. The zero-order valence-corrected chi connectivity index (χ0v) is 22.6. The summed E-state index contributed by atoms with van der Waals surface area (Å²) < 4.78 is 49.9. The second kappa shape index (κ2) is 11.6. The van der Waals surface area contributed by atoms with Gasteiger partial charge in [-0.2, -0.15) is 4.31 Å². The van der Waals surface area contributed by atoms with Gasteiger partial charge in [-0.1, -0.05) is 5.16 Å². The van der Waals surface area contributed by atoms with Crippen LogP contribution in [0.3, 0.4) is 0 Å². The molecule has 0 aliphatic carbocycles. The summed E-state index contributed by atoms with van der Waals surface area (Å²) in [5.41, 5.74) is 1.22. The Balaban J connectivity index is 1.27. The number of carbonyl (C=O) groups excluding carboxylic acids is 1. The number of sulfonamides is 1. The number of hydrogen-bond acceptors (Lipinski definition) is 8. The summed E-state index contributed by atoms with van der Waals surface area (Å²) in [5, 5.41) is 6.59. The van der Waals surface area contributed by atoms with E-state index in [1.54, 1.807) is 24.3 Å². The molecule has 0 bridgehead atoms. The Morgan fingerprint density at radius 2 is 1.55 bits per heavy atom. The number of benzene rings is 2. The van der Waals surface area contributed by atoms with Gasteiger partial charge >= 0.3 is 0 Å². The molecule has 0 saturated carbocycles. The van der Waals surface area contributed by atoms with Gasteiger partial charge < -0.3 is 23.4 Å². The van der Waals surface area contributed by atoms with Crippen LogP contribution < -0.4 is 10.1 Å². The van der Waals surface area contributed by atoms with Gasteiger partial charge in [0.15, 0.2) is 11.5 Å². The molecule has 0 fully saturated rings. The minimum absolute atomic E-state index is 0.0243. The van der Waals surface area contributed by atoms with Gasteiger partial charge in [0.1, 0.15) is 17.3 Å². The van der Waals surface area contributed by atoms with E-state index in [1.807, 2.05) is 38.1 Å². The normalized spacial score (nSPS) is 11.7. The number of hydrogen-bond donors (Lipinski definition) is 1. The molecule has 1 amide bonds. The number of amides is 1. The molecular formula is C29H27N3O7S. The van der Waals surface area contributed by atoms with Crippen LogP contribution in [0.25, 0.3) is 11.3 Å². The van der Waals surface area contributed by atoms with Crippen LogP contribution in [-0.2, 0) is 23.1 Å². The topological polar surface area (TPSA) is 128 Å². The third kappa shape index (κ3) is 6.33. The molecule has 5 rings (SSSR count). The molecule has 40 heavy (non-hydrogen) atoms. The predicted octanol–water partition coefficient (Wildman–Crippen LogP) is 5.96. The highest BCUT2D eigenvalue weighted by molar-refractivity contribution is 7.89. The van der Waals surface area contributed by atoms with Crippen LogP contribution in [0.4, 0.5) is 5.69 Å². The van der Waals surface area contributed by atoms with E-state index in [-0.39, 0.29) is 29.8 Å². The smallest absolute Gasteiger partial charge is 0.277 e. The third-order valence-corrected chi connectivity index (χ3v) is 7.63. The lowest BCUT2D eigenvalue weighted by Crippen LogP contribution is -2.30. The fourth-order valence-corrected chi connectivity index (χ4v) is 5.29. The van der Waals surface area contributed by atoms with E-state index < -0.39 is 15.9 Å². The van der Waals surface area contributed by atoms with Gasteiger partial charge in [-0.05, 0) is 86.6 Å². The van der Waals surface area contributed by atoms with Crippen molar-refractivity contribution in [3.8, 4) is 17.1 Å². The van der Waals surface area contributed by atoms with Crippen molar-refractivity contribution in [2.75, 3.05) is 5.32 Å². The molecule has 10 nitrogen and oxygen atoms in total. The number of carbonyl (C=O) groups is 1. The molecule has 1 N–H and O–H groups in total. The summed E-state index contributed by atoms with van der Waals surface area (Å²) in [5.74, 6) is 1.64. The van der Waals surface area contributed by atoms with E-state index in [4.69, 9.17) is 18.1 Å². The fraction of sp³-hybridized carbons (Fsp3) is 0.172. The number of furan rings is 2. The molecule has 0 aliphatic rings. The van der Waals surface area contributed by atoms with E-state index in [1.165, 1.54) is 47.2 Å². The molecule has 206 valence electrons. The van der Waals surface area contributed by atoms with Gasteiger partial charge in [0.25, 0.3) is 5.91 Å². The van der Waals surface area contributed by atoms with Gasteiger partial charge in [0.05, 0.1) is 36.6 Å². The summed E-state index contributed by atoms with van der Waals surface area (Å²) in [6.45, 7) is 3.94. The molecule has 3 heterocycles. The van der Waals surface area contributed by atoms with E-state index in [0.29, 0.717) is 23.0 Å². The van der Waals surface area contributed by atoms with Crippen molar-refractivity contribution in [3.05, 3.63) is 109 Å². The molecule has 11 heteroatoms. The van der Waals surface area contributed by atoms with Crippen LogP contribution in [0.5, 0.6) is 5.75 Å². The maximum absolute atomic E-state index is 13.5. The third-order valence-electron chi connectivity index (χ3n) is 5.83. The molecule has 2 aromatic carbocycles. The lowest BCUT2D eigenvalue weighted by Gasteiger charge is -2.20. The average Bonchev–Trinajstić information content (AvgIpc) is 3.72. The Morgan fingerprint density at radius 1 is 0.925 bits per heavy atom. The molecule has 0 aliphatic heterocycles. The lowest BCUT2D eigenvalue weighted by atomic mass is 10.1. The minimum atomic E-state index is -3.92. The van der Waals surface area contributed by atoms with Crippen molar-refractivity contribution < 1.29 is 31.3 Å². The number of ether oxygens (including phenoxy) is 1. The summed E-state index contributed by atoms with van der Waals surface area (Å²) in [6.07, 6.45) is 3.03. The van der Waals surface area contributed by atoms with Gasteiger partial charge in [0, 0.05) is 17.3 Å². The summed E-state index contributed by atoms with van der Waals surface area (Å²) in [6, 6.07) is 21.5. The SMILES string of the molecule is CC(C)Oc1ccc(-c2cc(C(=O)Nc3ccc(S(=O)(=O)N(Cc4ccco4)Cc4ccco4)cc3)no2)cc1. The first-order chi connectivity index (χ1) is 19.3. The van der Waals surface area contributed by atoms with Crippen molar-refractivity contribution >= 4 is 21.6 Å². The van der Waals surface area contributed by atoms with Crippen LogP contribution in [0.1, 0.15) is 35.9 Å². The molecular weight excluding hydrogens is 534 g/mol. The summed E-state index contributed by atoms with van der Waals surface area (Å²) in [4.78, 5) is 12.8. The van der Waals surface area contributed by atoms with E-state index in [9.17, 15) is 13.2 Å². The maximum atomic E-state index is 13.5. The van der Waals surface area contributed by atoms with Crippen molar-refractivity contribution in [1.29, 1.82) is 0 Å². The maximum Gasteiger partial charge on any atom is 0.277 e. The van der Waals surface area contributed by atoms with Gasteiger partial charge in [-0.25, -0.2) is 8.42 Å². The van der Waals surface area contributed by atoms with Crippen LogP contribution in [-0.4, -0.2) is 29.9 Å². The van der Waals surface area contributed by atoms with Crippen molar-refractivity contribution in [1.82, 2.24) is 9.46 Å². The number of nitrogens with zero attached hydrogens (tertiary/aromatic N) is 2. The van der Waals surface area contributed by atoms with Crippen LogP contribution in [0.15, 0.2) is 110 Å². The molecule has 0 unspecified atom stereocenters. The summed E-state index contributed by atoms with van der Waals surface area (Å²) >= 11 is 0. The van der Waals surface area contributed by atoms with Crippen LogP contribution in [0.2, 0.25) is 0 Å². The molecule has 0 spiro atoms. The number of nitrogens with one attached hydrogen (secondary N) is 1. The Morgan fingerprint density at radius 3 is 2.10 bits per heavy atom. The zero-order valence-electron chi connectivity index (χ0n) is 21.8. The second-order valence-electron chi connectivity index (χ2n) is 9.18. The van der Waals surface area contributed by atoms with E-state index in [2.05, 4.69) is 10.5 Å².